The van der Waals surface area contributed by atoms with Crippen LogP contribution in [0.25, 0.3) is 0 Å². The molecule has 1 aromatic carbocycles. The maximum absolute atomic E-state index is 12.5. The molecule has 0 aliphatic heterocycles. The van der Waals surface area contributed by atoms with Gasteiger partial charge >= 0.3 is 10.2 Å². The van der Waals surface area contributed by atoms with Crippen molar-refractivity contribution in [3.05, 3.63) is 33.3 Å². The third kappa shape index (κ3) is 1.99. The number of nitro groups is 1. The van der Waals surface area contributed by atoms with Crippen LogP contribution >= 0.6 is 11.6 Å². The van der Waals surface area contributed by atoms with Crippen LogP contribution in [0.3, 0.4) is 0 Å². The van der Waals surface area contributed by atoms with E-state index in [4.69, 9.17) is 11.6 Å². The van der Waals surface area contributed by atoms with Crippen LogP contribution in [0.5, 0.6) is 0 Å². The Balaban J connectivity index is 3.51. The first kappa shape index (κ1) is 10.9. The van der Waals surface area contributed by atoms with Gasteiger partial charge in [-0.2, -0.15) is 8.42 Å². The molecule has 14 heavy (non-hydrogen) atoms. The molecule has 0 N–H and O–H groups in total. The summed E-state index contributed by atoms with van der Waals surface area (Å²) in [7, 11) is -5.03. The number of nitro benzene ring substituents is 1. The van der Waals surface area contributed by atoms with Crippen molar-refractivity contribution >= 4 is 27.5 Å². The molecular weight excluding hydrogens is 237 g/mol. The summed E-state index contributed by atoms with van der Waals surface area (Å²) in [5.41, 5.74) is -0.648. The minimum atomic E-state index is -5.03. The van der Waals surface area contributed by atoms with Gasteiger partial charge in [0.05, 0.1) is 4.92 Å². The second kappa shape index (κ2) is 3.50. The Morgan fingerprint density at radius 3 is 2.43 bits per heavy atom. The number of nitrogens with zero attached hydrogens (tertiary/aromatic N) is 1. The summed E-state index contributed by atoms with van der Waals surface area (Å²) in [6.45, 7) is 0. The van der Waals surface area contributed by atoms with Crippen LogP contribution in [0.4, 0.5) is 9.57 Å². The van der Waals surface area contributed by atoms with E-state index in [9.17, 15) is 22.4 Å². The molecule has 1 aromatic rings. The molecule has 0 atom stereocenters. The van der Waals surface area contributed by atoms with Gasteiger partial charge in [-0.1, -0.05) is 17.7 Å². The van der Waals surface area contributed by atoms with Crippen molar-refractivity contribution in [1.29, 1.82) is 0 Å². The molecule has 0 heterocycles. The highest BCUT2D eigenvalue weighted by molar-refractivity contribution is 7.86. The fourth-order valence-corrected chi connectivity index (χ4v) is 1.86. The van der Waals surface area contributed by atoms with Crippen molar-refractivity contribution in [2.24, 2.45) is 0 Å². The lowest BCUT2D eigenvalue weighted by molar-refractivity contribution is -0.384. The predicted octanol–water partition coefficient (Wildman–Crippen LogP) is 1.91. The van der Waals surface area contributed by atoms with E-state index in [1.807, 2.05) is 0 Å². The second-order valence-electron chi connectivity index (χ2n) is 2.28. The predicted molar refractivity (Wildman–Crippen MR) is 46.4 cm³/mol. The first-order valence-corrected chi connectivity index (χ1v) is 4.98. The third-order valence-corrected chi connectivity index (χ3v) is 2.78. The van der Waals surface area contributed by atoms with Crippen LogP contribution in [0, 0.1) is 10.1 Å². The zero-order valence-electron chi connectivity index (χ0n) is 6.48. The maximum atomic E-state index is 12.5. The van der Waals surface area contributed by atoms with Gasteiger partial charge in [-0.25, -0.2) is 0 Å². The quantitative estimate of drug-likeness (QED) is 0.449. The average Bonchev–Trinajstić information content (AvgIpc) is 2.01. The molecule has 0 aromatic heterocycles. The zero-order valence-corrected chi connectivity index (χ0v) is 8.05. The van der Waals surface area contributed by atoms with Gasteiger partial charge in [-0.3, -0.25) is 10.1 Å². The van der Waals surface area contributed by atoms with Crippen LogP contribution in [0.15, 0.2) is 23.1 Å². The molecule has 76 valence electrons. The topological polar surface area (TPSA) is 77.3 Å². The summed E-state index contributed by atoms with van der Waals surface area (Å²) in [5, 5.41) is 9.58. The molecule has 0 spiro atoms. The lowest BCUT2D eigenvalue weighted by Crippen LogP contribution is -1.96. The Morgan fingerprint density at radius 2 is 2.00 bits per heavy atom. The minimum Gasteiger partial charge on any atom is -0.258 e. The van der Waals surface area contributed by atoms with E-state index in [-0.39, 0.29) is 0 Å². The van der Waals surface area contributed by atoms with Crippen molar-refractivity contribution in [1.82, 2.24) is 0 Å². The van der Waals surface area contributed by atoms with Gasteiger partial charge in [-0.15, -0.1) is 3.89 Å². The molecule has 5 nitrogen and oxygen atoms in total. The molecule has 0 amide bonds. The Hall–Kier alpha value is -1.21. The molecule has 0 fully saturated rings. The van der Waals surface area contributed by atoms with Crippen molar-refractivity contribution in [3.63, 3.8) is 0 Å². The van der Waals surface area contributed by atoms with Crippen molar-refractivity contribution in [2.45, 2.75) is 4.90 Å². The molecule has 1 rings (SSSR count). The average molecular weight is 240 g/mol. The summed E-state index contributed by atoms with van der Waals surface area (Å²) < 4.78 is 33.4. The molecule has 8 heteroatoms. The van der Waals surface area contributed by atoms with Crippen LogP contribution in [0.2, 0.25) is 5.02 Å². The number of benzene rings is 1. The standard InChI is InChI=1S/C6H3ClFNO4S/c7-6-4(9(10)11)2-1-3-5(6)14(8,12)13/h1-3H. The van der Waals surface area contributed by atoms with E-state index >= 15 is 0 Å². The highest BCUT2D eigenvalue weighted by atomic mass is 35.5. The highest BCUT2D eigenvalue weighted by Crippen LogP contribution is 2.31. The van der Waals surface area contributed by atoms with Gasteiger partial charge in [-0.05, 0) is 6.07 Å². The SMILES string of the molecule is O=[N+]([O-])c1cccc(S(=O)(=O)F)c1Cl. The number of hydrogen-bond donors (Lipinski definition) is 0. The van der Waals surface area contributed by atoms with Crippen LogP contribution in [-0.4, -0.2) is 13.3 Å². The molecule has 0 saturated carbocycles. The van der Waals surface area contributed by atoms with Crippen LogP contribution < -0.4 is 0 Å². The van der Waals surface area contributed by atoms with Gasteiger partial charge < -0.3 is 0 Å². The van der Waals surface area contributed by atoms with Crippen molar-refractivity contribution in [2.75, 3.05) is 0 Å². The summed E-state index contributed by atoms with van der Waals surface area (Å²) >= 11 is 5.33. The van der Waals surface area contributed by atoms with Gasteiger partial charge in [0.2, 0.25) is 0 Å². The number of rotatable bonds is 2. The number of hydrogen-bond acceptors (Lipinski definition) is 4. The first-order valence-electron chi connectivity index (χ1n) is 3.21. The van der Waals surface area contributed by atoms with E-state index in [0.29, 0.717) is 0 Å². The van der Waals surface area contributed by atoms with Crippen molar-refractivity contribution in [3.8, 4) is 0 Å². The molecule has 0 radical (unpaired) electrons. The summed E-state index contributed by atoms with van der Waals surface area (Å²) in [6, 6.07) is 2.87. The minimum absolute atomic E-state index is 0.648. The summed E-state index contributed by atoms with van der Waals surface area (Å²) in [4.78, 5) is 8.52. The number of halogens is 2. The first-order chi connectivity index (χ1) is 6.34. The lowest BCUT2D eigenvalue weighted by atomic mass is 10.3. The van der Waals surface area contributed by atoms with Gasteiger partial charge in [0.25, 0.3) is 5.69 Å². The maximum Gasteiger partial charge on any atom is 0.333 e. The van der Waals surface area contributed by atoms with E-state index in [1.54, 1.807) is 0 Å². The monoisotopic (exact) mass is 239 g/mol. The van der Waals surface area contributed by atoms with Crippen molar-refractivity contribution < 1.29 is 17.2 Å². The lowest BCUT2D eigenvalue weighted by Gasteiger charge is -1.98. The third-order valence-electron chi connectivity index (χ3n) is 1.40. The van der Waals surface area contributed by atoms with Gasteiger partial charge in [0.1, 0.15) is 9.92 Å². The van der Waals surface area contributed by atoms with Crippen LogP contribution in [0.1, 0.15) is 0 Å². The van der Waals surface area contributed by atoms with E-state index < -0.39 is 30.8 Å². The molecule has 0 unspecified atom stereocenters. The smallest absolute Gasteiger partial charge is 0.258 e. The zero-order chi connectivity index (χ0) is 10.9. The fourth-order valence-electron chi connectivity index (χ4n) is 0.829. The van der Waals surface area contributed by atoms with Gasteiger partial charge in [0.15, 0.2) is 0 Å². The fraction of sp³-hybridized carbons (Fsp3) is 0. The van der Waals surface area contributed by atoms with E-state index in [1.165, 1.54) is 0 Å². The summed E-state index contributed by atoms with van der Waals surface area (Å²) in [5.74, 6) is 0. The molecule has 0 saturated heterocycles. The summed E-state index contributed by atoms with van der Waals surface area (Å²) in [6.07, 6.45) is 0. The molecule has 0 bridgehead atoms. The Kier molecular flexibility index (Phi) is 2.72. The van der Waals surface area contributed by atoms with Gasteiger partial charge in [0, 0.05) is 6.07 Å². The second-order valence-corrected chi connectivity index (χ2v) is 3.98. The Bertz CT molecular complexity index is 487. The van der Waals surface area contributed by atoms with E-state index in [2.05, 4.69) is 0 Å². The molecule has 0 aliphatic rings. The van der Waals surface area contributed by atoms with Crippen LogP contribution in [-0.2, 0) is 10.2 Å². The van der Waals surface area contributed by atoms with E-state index in [0.717, 1.165) is 18.2 Å². The Labute approximate surface area is 83.5 Å². The molecule has 0 aliphatic carbocycles. The highest BCUT2D eigenvalue weighted by Gasteiger charge is 2.23. The Morgan fingerprint density at radius 1 is 1.43 bits per heavy atom. The normalized spacial score (nSPS) is 11.3. The molecular formula is C6H3ClFNO4S. The largest absolute Gasteiger partial charge is 0.333 e.